The number of ether oxygens (including phenoxy) is 2. The van der Waals surface area contributed by atoms with E-state index in [1.54, 1.807) is 6.20 Å². The molecule has 3 aliphatic heterocycles. The lowest BCUT2D eigenvalue weighted by atomic mass is 9.92. The van der Waals surface area contributed by atoms with Crippen molar-refractivity contribution in [2.75, 3.05) is 24.6 Å². The van der Waals surface area contributed by atoms with Crippen LogP contribution >= 0.6 is 0 Å². The Bertz CT molecular complexity index is 1000. The number of H-pyrrole nitrogens is 1. The van der Waals surface area contributed by atoms with E-state index < -0.39 is 0 Å². The topological polar surface area (TPSA) is 80.6 Å². The monoisotopic (exact) mass is 394 g/mol. The van der Waals surface area contributed by atoms with Gasteiger partial charge in [0.2, 0.25) is 0 Å². The Morgan fingerprint density at radius 1 is 1.21 bits per heavy atom. The molecule has 29 heavy (non-hydrogen) atoms. The molecule has 152 valence electrons. The van der Waals surface area contributed by atoms with Crippen LogP contribution in [0.1, 0.15) is 44.2 Å². The van der Waals surface area contributed by atoms with Crippen LogP contribution < -0.4 is 4.90 Å². The van der Waals surface area contributed by atoms with E-state index in [9.17, 15) is 0 Å². The van der Waals surface area contributed by atoms with E-state index in [1.807, 2.05) is 16.8 Å². The maximum absolute atomic E-state index is 6.08. The number of morpholine rings is 1. The van der Waals surface area contributed by atoms with E-state index in [0.29, 0.717) is 18.1 Å². The lowest BCUT2D eigenvalue weighted by molar-refractivity contribution is -0.00455. The zero-order valence-electron chi connectivity index (χ0n) is 16.6. The molecule has 3 aliphatic rings. The number of nitrogens with zero attached hydrogens (tertiary/aromatic N) is 5. The molecule has 1 N–H and O–H groups in total. The fourth-order valence-corrected chi connectivity index (χ4v) is 5.13. The molecular formula is C21H26N6O2. The Labute approximate surface area is 169 Å². The largest absolute Gasteiger partial charge is 0.375 e. The normalized spacial score (nSPS) is 29.6. The predicted octanol–water partition coefficient (Wildman–Crippen LogP) is 2.77. The standard InChI is InChI=1S/C21H26N6O2/c1-13-12-26(6-7-28-13)19-10-18(14-8-15-2-3-16(9-14)29-15)25-27-20(19)11-22-21(27)17-4-5-23-24-17/h4-5,10-11,13-16H,2-3,6-9,12H2,1H3,(H,23,24). The summed E-state index contributed by atoms with van der Waals surface area (Å²) < 4.78 is 13.9. The molecule has 0 radical (unpaired) electrons. The van der Waals surface area contributed by atoms with Crippen LogP contribution in [0.15, 0.2) is 24.5 Å². The number of fused-ring (bicyclic) bond motifs is 3. The zero-order valence-corrected chi connectivity index (χ0v) is 16.6. The minimum Gasteiger partial charge on any atom is -0.375 e. The summed E-state index contributed by atoms with van der Waals surface area (Å²) >= 11 is 0. The van der Waals surface area contributed by atoms with Crippen molar-refractivity contribution in [3.05, 3.63) is 30.2 Å². The van der Waals surface area contributed by atoms with Gasteiger partial charge in [-0.2, -0.15) is 10.2 Å². The minimum atomic E-state index is 0.217. The third kappa shape index (κ3) is 3.02. The SMILES string of the molecule is CC1CN(c2cc(C3CC4CCC(C3)O4)nn3c(-c4ccn[nH]4)ncc23)CCO1. The summed E-state index contributed by atoms with van der Waals surface area (Å²) in [7, 11) is 0. The van der Waals surface area contributed by atoms with Crippen molar-refractivity contribution in [3.63, 3.8) is 0 Å². The van der Waals surface area contributed by atoms with Crippen molar-refractivity contribution >= 4 is 11.2 Å². The first-order valence-corrected chi connectivity index (χ1v) is 10.6. The highest BCUT2D eigenvalue weighted by Gasteiger charge is 2.37. The fraction of sp³-hybridized carbons (Fsp3) is 0.571. The number of aromatic nitrogens is 5. The van der Waals surface area contributed by atoms with Gasteiger partial charge in [-0.05, 0) is 44.7 Å². The number of nitrogens with one attached hydrogen (secondary N) is 1. The number of rotatable bonds is 3. The quantitative estimate of drug-likeness (QED) is 0.736. The van der Waals surface area contributed by atoms with Crippen LogP contribution in [0.2, 0.25) is 0 Å². The Morgan fingerprint density at radius 2 is 2.07 bits per heavy atom. The molecule has 3 saturated heterocycles. The van der Waals surface area contributed by atoms with Gasteiger partial charge in [0.05, 0.1) is 42.5 Å². The maximum Gasteiger partial charge on any atom is 0.179 e. The molecule has 0 aromatic carbocycles. The van der Waals surface area contributed by atoms with E-state index in [2.05, 4.69) is 33.1 Å². The summed E-state index contributed by atoms with van der Waals surface area (Å²) in [5, 5.41) is 12.2. The summed E-state index contributed by atoms with van der Waals surface area (Å²) in [6, 6.07) is 4.23. The number of imidazole rings is 1. The summed E-state index contributed by atoms with van der Waals surface area (Å²) in [5.41, 5.74) is 4.25. The minimum absolute atomic E-state index is 0.217. The van der Waals surface area contributed by atoms with Crippen molar-refractivity contribution in [2.45, 2.75) is 56.8 Å². The molecule has 3 unspecified atom stereocenters. The van der Waals surface area contributed by atoms with Crippen molar-refractivity contribution in [3.8, 4) is 11.5 Å². The molecule has 3 aromatic heterocycles. The van der Waals surface area contributed by atoms with Crippen LogP contribution in [0.4, 0.5) is 5.69 Å². The average molecular weight is 394 g/mol. The first-order chi connectivity index (χ1) is 14.2. The molecule has 6 heterocycles. The molecule has 0 aliphatic carbocycles. The predicted molar refractivity (Wildman–Crippen MR) is 108 cm³/mol. The Morgan fingerprint density at radius 3 is 2.83 bits per heavy atom. The van der Waals surface area contributed by atoms with Crippen LogP contribution in [0.3, 0.4) is 0 Å². The van der Waals surface area contributed by atoms with E-state index in [1.165, 1.54) is 18.5 Å². The van der Waals surface area contributed by atoms with Gasteiger partial charge in [0.15, 0.2) is 5.82 Å². The average Bonchev–Trinajstić information content (AvgIpc) is 3.47. The first kappa shape index (κ1) is 17.4. The van der Waals surface area contributed by atoms with Crippen LogP contribution in [-0.2, 0) is 9.47 Å². The number of anilines is 1. The third-order valence-corrected chi connectivity index (χ3v) is 6.53. The van der Waals surface area contributed by atoms with E-state index in [4.69, 9.17) is 14.6 Å². The van der Waals surface area contributed by atoms with Gasteiger partial charge in [0.1, 0.15) is 11.2 Å². The number of hydrogen-bond donors (Lipinski definition) is 1. The van der Waals surface area contributed by atoms with Gasteiger partial charge in [-0.25, -0.2) is 9.50 Å². The van der Waals surface area contributed by atoms with Gasteiger partial charge in [0, 0.05) is 25.2 Å². The van der Waals surface area contributed by atoms with Gasteiger partial charge < -0.3 is 14.4 Å². The van der Waals surface area contributed by atoms with Crippen molar-refractivity contribution in [1.29, 1.82) is 0 Å². The second kappa shape index (κ2) is 6.81. The van der Waals surface area contributed by atoms with E-state index in [-0.39, 0.29) is 6.10 Å². The summed E-state index contributed by atoms with van der Waals surface area (Å²) in [5.74, 6) is 1.23. The Kier molecular flexibility index (Phi) is 4.09. The molecule has 0 spiro atoms. The van der Waals surface area contributed by atoms with Gasteiger partial charge in [-0.1, -0.05) is 0 Å². The molecule has 0 saturated carbocycles. The highest BCUT2D eigenvalue weighted by molar-refractivity contribution is 5.75. The van der Waals surface area contributed by atoms with Gasteiger partial charge in [-0.15, -0.1) is 0 Å². The summed E-state index contributed by atoms with van der Waals surface area (Å²) in [6.45, 7) is 4.64. The second-order valence-corrected chi connectivity index (χ2v) is 8.56. The van der Waals surface area contributed by atoms with Crippen molar-refractivity contribution < 1.29 is 9.47 Å². The fourth-order valence-electron chi connectivity index (χ4n) is 5.13. The molecule has 3 aromatic rings. The second-order valence-electron chi connectivity index (χ2n) is 8.56. The zero-order chi connectivity index (χ0) is 19.4. The van der Waals surface area contributed by atoms with Gasteiger partial charge in [0.25, 0.3) is 0 Å². The summed E-state index contributed by atoms with van der Waals surface area (Å²) in [6.07, 6.45) is 9.15. The Balaban J connectivity index is 1.48. The highest BCUT2D eigenvalue weighted by Crippen LogP contribution is 2.41. The number of aromatic amines is 1. The van der Waals surface area contributed by atoms with E-state index in [0.717, 1.165) is 55.3 Å². The van der Waals surface area contributed by atoms with Crippen molar-refractivity contribution in [1.82, 2.24) is 24.8 Å². The van der Waals surface area contributed by atoms with Crippen molar-refractivity contribution in [2.24, 2.45) is 0 Å². The third-order valence-electron chi connectivity index (χ3n) is 6.53. The van der Waals surface area contributed by atoms with Crippen LogP contribution in [0.5, 0.6) is 0 Å². The van der Waals surface area contributed by atoms with E-state index >= 15 is 0 Å². The molecule has 3 atom stereocenters. The highest BCUT2D eigenvalue weighted by atomic mass is 16.5. The number of hydrogen-bond acceptors (Lipinski definition) is 6. The lowest BCUT2D eigenvalue weighted by Gasteiger charge is -2.34. The molecule has 8 nitrogen and oxygen atoms in total. The van der Waals surface area contributed by atoms with Gasteiger partial charge in [-0.3, -0.25) is 5.10 Å². The molecular weight excluding hydrogens is 368 g/mol. The Hall–Kier alpha value is -2.45. The first-order valence-electron chi connectivity index (χ1n) is 10.6. The maximum atomic E-state index is 6.08. The molecule has 0 amide bonds. The van der Waals surface area contributed by atoms with Gasteiger partial charge >= 0.3 is 0 Å². The molecule has 3 fully saturated rings. The van der Waals surface area contributed by atoms with Crippen LogP contribution in [-0.4, -0.2) is 62.8 Å². The lowest BCUT2D eigenvalue weighted by Crippen LogP contribution is -2.41. The molecule has 6 rings (SSSR count). The summed E-state index contributed by atoms with van der Waals surface area (Å²) in [4.78, 5) is 7.11. The molecule has 8 heteroatoms. The van der Waals surface area contributed by atoms with Crippen LogP contribution in [0, 0.1) is 0 Å². The smallest absolute Gasteiger partial charge is 0.179 e. The molecule has 2 bridgehead atoms. The van der Waals surface area contributed by atoms with Crippen LogP contribution in [0.25, 0.3) is 17.0 Å².